The van der Waals surface area contributed by atoms with Gasteiger partial charge in [-0.15, -0.1) is 0 Å². The fraction of sp³-hybridized carbons (Fsp3) is 0.357. The van der Waals surface area contributed by atoms with E-state index in [9.17, 15) is 5.11 Å². The Morgan fingerprint density at radius 2 is 2.17 bits per heavy atom. The number of β-amino-alcohol motifs (C(OH)–C–C–N with tert-alkyl or cyclic N) is 1. The number of aromatic nitrogens is 1. The molecule has 1 aromatic heterocycles. The third kappa shape index (κ3) is 2.44. The molecule has 0 unspecified atom stereocenters. The lowest BCUT2D eigenvalue weighted by atomic mass is 10.1. The molecule has 1 aliphatic heterocycles. The lowest BCUT2D eigenvalue weighted by Gasteiger charge is -2.11. The van der Waals surface area contributed by atoms with E-state index < -0.39 is 0 Å². The van der Waals surface area contributed by atoms with Gasteiger partial charge in [-0.3, -0.25) is 4.90 Å². The normalized spacial score (nSPS) is 20.4. The van der Waals surface area contributed by atoms with Crippen LogP contribution in [0.3, 0.4) is 0 Å². The number of hydrogen-bond acceptors (Lipinski definition) is 4. The third-order valence-corrected chi connectivity index (χ3v) is 3.26. The second-order valence-corrected chi connectivity index (χ2v) is 4.72. The summed E-state index contributed by atoms with van der Waals surface area (Å²) in [6, 6.07) is 12.0. The molecule has 94 valence electrons. The lowest BCUT2D eigenvalue weighted by Crippen LogP contribution is -2.21. The van der Waals surface area contributed by atoms with Crippen molar-refractivity contribution in [2.45, 2.75) is 19.1 Å². The maximum atomic E-state index is 9.47. The molecule has 1 fully saturated rings. The summed E-state index contributed by atoms with van der Waals surface area (Å²) in [6.07, 6.45) is 0.654. The summed E-state index contributed by atoms with van der Waals surface area (Å²) in [4.78, 5) is 2.18. The molecule has 4 heteroatoms. The van der Waals surface area contributed by atoms with Gasteiger partial charge >= 0.3 is 0 Å². The summed E-state index contributed by atoms with van der Waals surface area (Å²) in [6.45, 7) is 2.36. The van der Waals surface area contributed by atoms with Gasteiger partial charge in [0.2, 0.25) is 0 Å². The number of hydrogen-bond donors (Lipinski definition) is 1. The van der Waals surface area contributed by atoms with Crippen molar-refractivity contribution in [2.75, 3.05) is 13.1 Å². The highest BCUT2D eigenvalue weighted by atomic mass is 16.5. The van der Waals surface area contributed by atoms with Gasteiger partial charge in [-0.1, -0.05) is 35.5 Å². The molecule has 3 rings (SSSR count). The van der Waals surface area contributed by atoms with Crippen molar-refractivity contribution in [3.05, 3.63) is 42.2 Å². The van der Waals surface area contributed by atoms with Crippen molar-refractivity contribution in [3.63, 3.8) is 0 Å². The van der Waals surface area contributed by atoms with E-state index in [1.807, 2.05) is 36.4 Å². The molecule has 1 atom stereocenters. The van der Waals surface area contributed by atoms with E-state index >= 15 is 0 Å². The molecule has 1 saturated heterocycles. The molecule has 1 aliphatic rings. The Balaban J connectivity index is 1.70. The topological polar surface area (TPSA) is 49.5 Å². The number of aliphatic hydroxyl groups is 1. The molecule has 0 amide bonds. The molecule has 2 aromatic rings. The third-order valence-electron chi connectivity index (χ3n) is 3.26. The Hall–Kier alpha value is -1.65. The van der Waals surface area contributed by atoms with Crippen LogP contribution in [0.1, 0.15) is 12.2 Å². The predicted octanol–water partition coefficient (Wildman–Crippen LogP) is 1.91. The predicted molar refractivity (Wildman–Crippen MR) is 67.8 cm³/mol. The minimum absolute atomic E-state index is 0.193. The fourth-order valence-electron chi connectivity index (χ4n) is 2.31. The summed E-state index contributed by atoms with van der Waals surface area (Å²) in [5.41, 5.74) is 1.93. The van der Waals surface area contributed by atoms with Crippen LogP contribution in [-0.2, 0) is 6.54 Å². The largest absolute Gasteiger partial charge is 0.392 e. The van der Waals surface area contributed by atoms with E-state index in [0.29, 0.717) is 0 Å². The first-order valence-corrected chi connectivity index (χ1v) is 6.23. The maximum Gasteiger partial charge on any atom is 0.151 e. The Morgan fingerprint density at radius 1 is 1.33 bits per heavy atom. The van der Waals surface area contributed by atoms with Crippen molar-refractivity contribution in [1.82, 2.24) is 10.1 Å². The summed E-state index contributed by atoms with van der Waals surface area (Å²) in [5, 5.41) is 13.6. The standard InChI is InChI=1S/C14H16N2O2/c17-12-6-7-16(9-12)10-13-8-14(15-18-13)11-4-2-1-3-5-11/h1-5,8,12,17H,6-7,9-10H2/t12-/m1/s1. The van der Waals surface area contributed by atoms with E-state index in [0.717, 1.165) is 43.1 Å². The van der Waals surface area contributed by atoms with Gasteiger partial charge in [-0.05, 0) is 6.42 Å². The molecule has 0 aliphatic carbocycles. The van der Waals surface area contributed by atoms with Gasteiger partial charge in [0.15, 0.2) is 5.76 Å². The van der Waals surface area contributed by atoms with Crippen molar-refractivity contribution < 1.29 is 9.63 Å². The quantitative estimate of drug-likeness (QED) is 0.896. The van der Waals surface area contributed by atoms with Crippen LogP contribution in [0.15, 0.2) is 40.9 Å². The molecule has 0 spiro atoms. The first kappa shape index (κ1) is 11.4. The summed E-state index contributed by atoms with van der Waals surface area (Å²) in [7, 11) is 0. The first-order valence-electron chi connectivity index (χ1n) is 6.23. The second-order valence-electron chi connectivity index (χ2n) is 4.72. The number of likely N-dealkylation sites (tertiary alicyclic amines) is 1. The Labute approximate surface area is 106 Å². The van der Waals surface area contributed by atoms with Gasteiger partial charge in [0.25, 0.3) is 0 Å². The number of rotatable bonds is 3. The van der Waals surface area contributed by atoms with Crippen molar-refractivity contribution >= 4 is 0 Å². The highest BCUT2D eigenvalue weighted by Gasteiger charge is 2.21. The molecule has 1 N–H and O–H groups in total. The Morgan fingerprint density at radius 3 is 2.89 bits per heavy atom. The van der Waals surface area contributed by atoms with Gasteiger partial charge in [0.1, 0.15) is 5.69 Å². The average Bonchev–Trinajstić information content (AvgIpc) is 3.01. The highest BCUT2D eigenvalue weighted by Crippen LogP contribution is 2.20. The molecule has 0 bridgehead atoms. The molecule has 1 aromatic carbocycles. The number of benzene rings is 1. The summed E-state index contributed by atoms with van der Waals surface area (Å²) < 4.78 is 5.34. The van der Waals surface area contributed by atoms with Gasteiger partial charge in [-0.2, -0.15) is 0 Å². The molecular weight excluding hydrogens is 228 g/mol. The van der Waals surface area contributed by atoms with Crippen molar-refractivity contribution in [1.29, 1.82) is 0 Å². The van der Waals surface area contributed by atoms with Gasteiger partial charge in [-0.25, -0.2) is 0 Å². The molecular formula is C14H16N2O2. The van der Waals surface area contributed by atoms with Crippen LogP contribution in [0.2, 0.25) is 0 Å². The minimum Gasteiger partial charge on any atom is -0.392 e. The van der Waals surface area contributed by atoms with Gasteiger partial charge in [0, 0.05) is 24.7 Å². The SMILES string of the molecule is O[C@@H]1CCN(Cc2cc(-c3ccccc3)no2)C1. The van der Waals surface area contributed by atoms with Crippen LogP contribution in [0.25, 0.3) is 11.3 Å². The van der Waals surface area contributed by atoms with Gasteiger partial charge in [0.05, 0.1) is 12.6 Å². The highest BCUT2D eigenvalue weighted by molar-refractivity contribution is 5.58. The van der Waals surface area contributed by atoms with E-state index in [-0.39, 0.29) is 6.10 Å². The second kappa shape index (κ2) is 4.92. The Kier molecular flexibility index (Phi) is 3.13. The van der Waals surface area contributed by atoms with E-state index in [1.54, 1.807) is 0 Å². The van der Waals surface area contributed by atoms with Crippen molar-refractivity contribution in [3.8, 4) is 11.3 Å². The van der Waals surface area contributed by atoms with Crippen LogP contribution < -0.4 is 0 Å². The zero-order valence-corrected chi connectivity index (χ0v) is 10.1. The molecule has 0 radical (unpaired) electrons. The maximum absolute atomic E-state index is 9.47. The first-order chi connectivity index (χ1) is 8.81. The molecule has 4 nitrogen and oxygen atoms in total. The van der Waals surface area contributed by atoms with Crippen LogP contribution in [-0.4, -0.2) is 34.4 Å². The van der Waals surface area contributed by atoms with Crippen molar-refractivity contribution in [2.24, 2.45) is 0 Å². The summed E-state index contributed by atoms with van der Waals surface area (Å²) in [5.74, 6) is 0.850. The van der Waals surface area contributed by atoms with Crippen LogP contribution in [0.5, 0.6) is 0 Å². The van der Waals surface area contributed by atoms with Crippen LogP contribution in [0, 0.1) is 0 Å². The Bertz CT molecular complexity index is 510. The molecule has 0 saturated carbocycles. The van der Waals surface area contributed by atoms with Crippen LogP contribution >= 0.6 is 0 Å². The fourth-order valence-corrected chi connectivity index (χ4v) is 2.31. The number of aliphatic hydroxyl groups excluding tert-OH is 1. The van der Waals surface area contributed by atoms with Crippen LogP contribution in [0.4, 0.5) is 0 Å². The minimum atomic E-state index is -0.193. The van der Waals surface area contributed by atoms with E-state index in [2.05, 4.69) is 10.1 Å². The molecule has 18 heavy (non-hydrogen) atoms. The zero-order chi connectivity index (χ0) is 12.4. The zero-order valence-electron chi connectivity index (χ0n) is 10.1. The smallest absolute Gasteiger partial charge is 0.151 e. The number of nitrogens with zero attached hydrogens (tertiary/aromatic N) is 2. The summed E-state index contributed by atoms with van der Waals surface area (Å²) >= 11 is 0. The van der Waals surface area contributed by atoms with E-state index in [1.165, 1.54) is 0 Å². The average molecular weight is 244 g/mol. The monoisotopic (exact) mass is 244 g/mol. The van der Waals surface area contributed by atoms with E-state index in [4.69, 9.17) is 4.52 Å². The lowest BCUT2D eigenvalue weighted by molar-refractivity contribution is 0.170. The molecule has 2 heterocycles. The van der Waals surface area contributed by atoms with Gasteiger partial charge < -0.3 is 9.63 Å².